The third kappa shape index (κ3) is 1.88. The summed E-state index contributed by atoms with van der Waals surface area (Å²) in [5.41, 5.74) is 0. The lowest BCUT2D eigenvalue weighted by atomic mass is 10.1. The maximum Gasteiger partial charge on any atom is 0.138 e. The van der Waals surface area contributed by atoms with E-state index in [2.05, 4.69) is 32.0 Å². The molecule has 1 aliphatic rings. The largest absolute Gasteiger partial charge is 0.367 e. The molecular formula is C11H14N4S. The van der Waals surface area contributed by atoms with Crippen molar-refractivity contribution in [3.05, 3.63) is 17.8 Å². The van der Waals surface area contributed by atoms with Crippen LogP contribution >= 0.6 is 11.3 Å². The summed E-state index contributed by atoms with van der Waals surface area (Å²) in [4.78, 5) is 9.65. The summed E-state index contributed by atoms with van der Waals surface area (Å²) in [5.74, 6) is 0.984. The van der Waals surface area contributed by atoms with Gasteiger partial charge in [0.25, 0.3) is 0 Å². The fourth-order valence-electron chi connectivity index (χ4n) is 2.06. The molecule has 1 fully saturated rings. The van der Waals surface area contributed by atoms with Crippen LogP contribution in [0.4, 0.5) is 5.82 Å². The lowest BCUT2D eigenvalue weighted by Crippen LogP contribution is -2.35. The van der Waals surface area contributed by atoms with Gasteiger partial charge in [0.1, 0.15) is 17.0 Å². The normalized spacial score (nSPS) is 17.8. The van der Waals surface area contributed by atoms with Crippen molar-refractivity contribution in [1.29, 1.82) is 0 Å². The van der Waals surface area contributed by atoms with Crippen molar-refractivity contribution in [2.45, 2.75) is 18.9 Å². The molecule has 2 aromatic heterocycles. The van der Waals surface area contributed by atoms with Gasteiger partial charge in [0.2, 0.25) is 0 Å². The summed E-state index contributed by atoms with van der Waals surface area (Å²) in [6.07, 6.45) is 3.97. The number of fused-ring (bicyclic) bond motifs is 1. The topological polar surface area (TPSA) is 49.8 Å². The molecule has 4 nitrogen and oxygen atoms in total. The summed E-state index contributed by atoms with van der Waals surface area (Å²) in [6.45, 7) is 2.19. The molecule has 0 aliphatic carbocycles. The molecule has 0 amide bonds. The molecule has 0 aromatic carbocycles. The van der Waals surface area contributed by atoms with Crippen LogP contribution in [0.2, 0.25) is 0 Å². The first-order valence-corrected chi connectivity index (χ1v) is 6.47. The monoisotopic (exact) mass is 234 g/mol. The maximum atomic E-state index is 4.34. The Balaban J connectivity index is 1.85. The van der Waals surface area contributed by atoms with Crippen molar-refractivity contribution in [3.63, 3.8) is 0 Å². The zero-order chi connectivity index (χ0) is 10.8. The number of hydrogen-bond acceptors (Lipinski definition) is 5. The number of aromatic nitrogens is 2. The van der Waals surface area contributed by atoms with Gasteiger partial charge in [-0.2, -0.15) is 0 Å². The number of nitrogens with zero attached hydrogens (tertiary/aromatic N) is 2. The minimum Gasteiger partial charge on any atom is -0.367 e. The molecule has 2 N–H and O–H groups in total. The Morgan fingerprint density at radius 3 is 3.06 bits per heavy atom. The summed E-state index contributed by atoms with van der Waals surface area (Å²) in [6, 6.07) is 2.63. The Morgan fingerprint density at radius 2 is 2.19 bits per heavy atom. The number of anilines is 1. The minimum absolute atomic E-state index is 0.541. The van der Waals surface area contributed by atoms with Gasteiger partial charge in [-0.25, -0.2) is 9.97 Å². The van der Waals surface area contributed by atoms with Crippen LogP contribution in [0.15, 0.2) is 17.8 Å². The van der Waals surface area contributed by atoms with E-state index >= 15 is 0 Å². The van der Waals surface area contributed by atoms with Crippen molar-refractivity contribution in [3.8, 4) is 0 Å². The third-order valence-electron chi connectivity index (χ3n) is 2.94. The smallest absolute Gasteiger partial charge is 0.138 e. The van der Waals surface area contributed by atoms with Crippen molar-refractivity contribution >= 4 is 27.4 Å². The number of piperidine rings is 1. The Morgan fingerprint density at radius 1 is 1.31 bits per heavy atom. The van der Waals surface area contributed by atoms with Crippen molar-refractivity contribution in [2.75, 3.05) is 18.4 Å². The van der Waals surface area contributed by atoms with E-state index in [1.165, 1.54) is 0 Å². The number of rotatable bonds is 2. The molecule has 0 spiro atoms. The van der Waals surface area contributed by atoms with Gasteiger partial charge in [-0.1, -0.05) is 0 Å². The predicted molar refractivity (Wildman–Crippen MR) is 66.9 cm³/mol. The van der Waals surface area contributed by atoms with Gasteiger partial charge in [-0.15, -0.1) is 11.3 Å². The van der Waals surface area contributed by atoms with Gasteiger partial charge in [0.05, 0.1) is 5.39 Å². The van der Waals surface area contributed by atoms with Crippen LogP contribution in [-0.2, 0) is 0 Å². The van der Waals surface area contributed by atoms with Crippen LogP contribution in [0.5, 0.6) is 0 Å². The summed E-state index contributed by atoms with van der Waals surface area (Å²) in [5, 5.41) is 10.1. The lowest BCUT2D eigenvalue weighted by molar-refractivity contribution is 0.478. The molecule has 3 heterocycles. The van der Waals surface area contributed by atoms with E-state index in [4.69, 9.17) is 0 Å². The van der Waals surface area contributed by atoms with E-state index in [1.807, 2.05) is 0 Å². The molecule has 0 bridgehead atoms. The molecule has 0 radical (unpaired) electrons. The van der Waals surface area contributed by atoms with E-state index in [1.54, 1.807) is 17.7 Å². The molecule has 84 valence electrons. The van der Waals surface area contributed by atoms with Gasteiger partial charge < -0.3 is 10.6 Å². The molecule has 16 heavy (non-hydrogen) atoms. The van der Waals surface area contributed by atoms with Gasteiger partial charge >= 0.3 is 0 Å². The second kappa shape index (κ2) is 4.35. The highest BCUT2D eigenvalue weighted by atomic mass is 32.1. The molecule has 1 aliphatic heterocycles. The van der Waals surface area contributed by atoms with E-state index < -0.39 is 0 Å². The average molecular weight is 234 g/mol. The standard InChI is InChI=1S/C11H14N4S/c1-4-12-5-2-8(1)15-10-9-3-6-16-11(9)14-7-13-10/h3,6-8,12H,1-2,4-5H2,(H,13,14,15). The zero-order valence-electron chi connectivity index (χ0n) is 8.94. The van der Waals surface area contributed by atoms with Crippen LogP contribution in [0.1, 0.15) is 12.8 Å². The molecule has 0 saturated carbocycles. The van der Waals surface area contributed by atoms with Crippen molar-refractivity contribution in [1.82, 2.24) is 15.3 Å². The summed E-state index contributed by atoms with van der Waals surface area (Å²) < 4.78 is 0. The maximum absolute atomic E-state index is 4.34. The molecule has 2 aromatic rings. The SMILES string of the molecule is c1nc(NC2CCNCC2)c2ccsc2n1. The zero-order valence-corrected chi connectivity index (χ0v) is 9.76. The average Bonchev–Trinajstić information content (AvgIpc) is 2.80. The molecule has 5 heteroatoms. The summed E-state index contributed by atoms with van der Waals surface area (Å²) in [7, 11) is 0. The van der Waals surface area contributed by atoms with Gasteiger partial charge in [-0.05, 0) is 37.4 Å². The second-order valence-electron chi connectivity index (χ2n) is 4.03. The molecule has 3 rings (SSSR count). The quantitative estimate of drug-likeness (QED) is 0.832. The van der Waals surface area contributed by atoms with Gasteiger partial charge in [-0.3, -0.25) is 0 Å². The van der Waals surface area contributed by atoms with Crippen molar-refractivity contribution in [2.24, 2.45) is 0 Å². The highest BCUT2D eigenvalue weighted by Crippen LogP contribution is 2.25. The highest BCUT2D eigenvalue weighted by Gasteiger charge is 2.14. The highest BCUT2D eigenvalue weighted by molar-refractivity contribution is 7.16. The molecule has 0 atom stereocenters. The summed E-state index contributed by atoms with van der Waals surface area (Å²) >= 11 is 1.66. The molecular weight excluding hydrogens is 220 g/mol. The lowest BCUT2D eigenvalue weighted by Gasteiger charge is -2.24. The minimum atomic E-state index is 0.541. The first-order valence-electron chi connectivity index (χ1n) is 5.59. The van der Waals surface area contributed by atoms with Crippen LogP contribution in [0, 0.1) is 0 Å². The van der Waals surface area contributed by atoms with Crippen LogP contribution in [0.3, 0.4) is 0 Å². The Kier molecular flexibility index (Phi) is 2.71. The van der Waals surface area contributed by atoms with E-state index in [0.717, 1.165) is 42.0 Å². The van der Waals surface area contributed by atoms with Crippen LogP contribution in [0.25, 0.3) is 10.2 Å². The fraction of sp³-hybridized carbons (Fsp3) is 0.455. The van der Waals surface area contributed by atoms with Gasteiger partial charge in [0.15, 0.2) is 0 Å². The Hall–Kier alpha value is -1.20. The second-order valence-corrected chi connectivity index (χ2v) is 4.92. The Bertz CT molecular complexity index is 476. The van der Waals surface area contributed by atoms with Gasteiger partial charge in [0, 0.05) is 6.04 Å². The number of thiophene rings is 1. The Labute approximate surface area is 98.1 Å². The van der Waals surface area contributed by atoms with Crippen LogP contribution in [-0.4, -0.2) is 29.1 Å². The number of nitrogens with one attached hydrogen (secondary N) is 2. The third-order valence-corrected chi connectivity index (χ3v) is 3.76. The van der Waals surface area contributed by atoms with E-state index in [0.29, 0.717) is 6.04 Å². The molecule has 0 unspecified atom stereocenters. The van der Waals surface area contributed by atoms with E-state index in [9.17, 15) is 0 Å². The van der Waals surface area contributed by atoms with Crippen LogP contribution < -0.4 is 10.6 Å². The van der Waals surface area contributed by atoms with E-state index in [-0.39, 0.29) is 0 Å². The van der Waals surface area contributed by atoms with Crippen molar-refractivity contribution < 1.29 is 0 Å². The fourth-order valence-corrected chi connectivity index (χ4v) is 2.80. The molecule has 1 saturated heterocycles. The first-order chi connectivity index (χ1) is 7.93. The number of hydrogen-bond donors (Lipinski definition) is 2. The predicted octanol–water partition coefficient (Wildman–Crippen LogP) is 1.86. The first kappa shape index (κ1) is 9.99.